The van der Waals surface area contributed by atoms with Gasteiger partial charge >= 0.3 is 5.97 Å². The van der Waals surface area contributed by atoms with Crippen LogP contribution in [-0.2, 0) is 9.53 Å². The highest BCUT2D eigenvalue weighted by molar-refractivity contribution is 5.71. The Morgan fingerprint density at radius 3 is 2.59 bits per heavy atom. The van der Waals surface area contributed by atoms with Gasteiger partial charge in [-0.15, -0.1) is 0 Å². The van der Waals surface area contributed by atoms with Gasteiger partial charge in [0, 0.05) is 5.69 Å². The first kappa shape index (κ1) is 13.4. The number of carbonyl (C=O) groups excluding carboxylic acids is 1. The zero-order chi connectivity index (χ0) is 13.0. The molecule has 94 valence electrons. The third-order valence-corrected chi connectivity index (χ3v) is 2.59. The number of nitrogens with two attached hydrogens (primary N) is 1. The molecule has 4 heteroatoms. The zero-order valence-corrected chi connectivity index (χ0v) is 10.7. The third-order valence-electron chi connectivity index (χ3n) is 2.59. The lowest BCUT2D eigenvalue weighted by molar-refractivity contribution is -0.142. The van der Waals surface area contributed by atoms with Crippen LogP contribution in [0.15, 0.2) is 12.1 Å². The lowest BCUT2D eigenvalue weighted by atomic mass is 9.99. The summed E-state index contributed by atoms with van der Waals surface area (Å²) in [6.07, 6.45) is 0. The van der Waals surface area contributed by atoms with E-state index in [1.54, 1.807) is 0 Å². The fourth-order valence-corrected chi connectivity index (χ4v) is 1.49. The molecule has 0 bridgehead atoms. The highest BCUT2D eigenvalue weighted by Crippen LogP contribution is 2.30. The number of ether oxygens (including phenoxy) is 2. The van der Waals surface area contributed by atoms with Gasteiger partial charge in [0.25, 0.3) is 0 Å². The molecule has 0 unspecified atom stereocenters. The van der Waals surface area contributed by atoms with Gasteiger partial charge in [-0.3, -0.25) is 0 Å². The zero-order valence-electron chi connectivity index (χ0n) is 10.7. The number of methoxy groups -OCH3 is 1. The number of nitrogen functional groups attached to an aromatic ring is 1. The Morgan fingerprint density at radius 1 is 1.41 bits per heavy atom. The molecule has 0 aliphatic heterocycles. The van der Waals surface area contributed by atoms with E-state index in [4.69, 9.17) is 10.5 Å². The normalized spacial score (nSPS) is 10.4. The van der Waals surface area contributed by atoms with Crippen molar-refractivity contribution in [2.24, 2.45) is 0 Å². The summed E-state index contributed by atoms with van der Waals surface area (Å²) in [5, 5.41) is 0. The monoisotopic (exact) mass is 237 g/mol. The lowest BCUT2D eigenvalue weighted by Crippen LogP contribution is -2.14. The van der Waals surface area contributed by atoms with E-state index in [0.717, 1.165) is 16.8 Å². The summed E-state index contributed by atoms with van der Waals surface area (Å²) in [6.45, 7) is 5.92. The molecule has 0 heterocycles. The average molecular weight is 237 g/mol. The number of rotatable bonds is 4. The molecule has 0 aromatic heterocycles. The van der Waals surface area contributed by atoms with Crippen LogP contribution in [0.3, 0.4) is 0 Å². The number of esters is 1. The van der Waals surface area contributed by atoms with Crippen LogP contribution in [0.1, 0.15) is 30.9 Å². The second-order valence-corrected chi connectivity index (χ2v) is 4.27. The molecule has 0 aliphatic rings. The van der Waals surface area contributed by atoms with Gasteiger partial charge in [-0.1, -0.05) is 13.8 Å². The Kier molecular flexibility index (Phi) is 4.37. The molecule has 0 radical (unpaired) electrons. The van der Waals surface area contributed by atoms with Gasteiger partial charge in [0.1, 0.15) is 5.75 Å². The number of anilines is 1. The Bertz CT molecular complexity index is 413. The minimum Gasteiger partial charge on any atom is -0.482 e. The number of carbonyl (C=O) groups is 1. The minimum atomic E-state index is -0.394. The number of aryl methyl sites for hydroxylation is 1. The Labute approximate surface area is 102 Å². The molecule has 0 atom stereocenters. The van der Waals surface area contributed by atoms with E-state index in [2.05, 4.69) is 18.6 Å². The Hall–Kier alpha value is -1.71. The smallest absolute Gasteiger partial charge is 0.343 e. The summed E-state index contributed by atoms with van der Waals surface area (Å²) < 4.78 is 9.99. The van der Waals surface area contributed by atoms with Gasteiger partial charge in [-0.25, -0.2) is 4.79 Å². The molecule has 1 aromatic carbocycles. The lowest BCUT2D eigenvalue weighted by Gasteiger charge is -2.15. The van der Waals surface area contributed by atoms with Crippen molar-refractivity contribution in [3.8, 4) is 5.75 Å². The molecule has 17 heavy (non-hydrogen) atoms. The topological polar surface area (TPSA) is 61.5 Å². The van der Waals surface area contributed by atoms with Crippen molar-refractivity contribution < 1.29 is 14.3 Å². The summed E-state index contributed by atoms with van der Waals surface area (Å²) in [5.41, 5.74) is 8.53. The summed E-state index contributed by atoms with van der Waals surface area (Å²) in [4.78, 5) is 11.0. The third kappa shape index (κ3) is 3.37. The van der Waals surface area contributed by atoms with E-state index in [1.807, 2.05) is 19.1 Å². The molecule has 2 N–H and O–H groups in total. The second kappa shape index (κ2) is 5.57. The van der Waals surface area contributed by atoms with Crippen LogP contribution in [0.2, 0.25) is 0 Å². The van der Waals surface area contributed by atoms with Crippen LogP contribution in [-0.4, -0.2) is 19.7 Å². The van der Waals surface area contributed by atoms with E-state index in [1.165, 1.54) is 7.11 Å². The van der Waals surface area contributed by atoms with Crippen molar-refractivity contribution >= 4 is 11.7 Å². The first-order valence-corrected chi connectivity index (χ1v) is 5.55. The first-order chi connectivity index (χ1) is 7.95. The molecule has 0 spiro atoms. The molecule has 0 saturated heterocycles. The molecular weight excluding hydrogens is 218 g/mol. The van der Waals surface area contributed by atoms with Crippen molar-refractivity contribution in [2.75, 3.05) is 19.5 Å². The van der Waals surface area contributed by atoms with Crippen molar-refractivity contribution in [2.45, 2.75) is 26.7 Å². The van der Waals surface area contributed by atoms with Crippen molar-refractivity contribution in [3.05, 3.63) is 23.3 Å². The number of hydrogen-bond acceptors (Lipinski definition) is 4. The average Bonchev–Trinajstić information content (AvgIpc) is 2.29. The van der Waals surface area contributed by atoms with E-state index >= 15 is 0 Å². The fourth-order valence-electron chi connectivity index (χ4n) is 1.49. The van der Waals surface area contributed by atoms with E-state index in [-0.39, 0.29) is 12.5 Å². The Morgan fingerprint density at radius 2 is 2.06 bits per heavy atom. The predicted molar refractivity (Wildman–Crippen MR) is 67.2 cm³/mol. The van der Waals surface area contributed by atoms with E-state index in [0.29, 0.717) is 5.75 Å². The van der Waals surface area contributed by atoms with Crippen LogP contribution >= 0.6 is 0 Å². The first-order valence-electron chi connectivity index (χ1n) is 5.55. The van der Waals surface area contributed by atoms with Crippen LogP contribution in [0.25, 0.3) is 0 Å². The summed E-state index contributed by atoms with van der Waals surface area (Å²) in [6, 6.07) is 3.75. The maximum Gasteiger partial charge on any atom is 0.343 e. The Balaban J connectivity index is 2.96. The van der Waals surface area contributed by atoms with Crippen molar-refractivity contribution in [3.63, 3.8) is 0 Å². The highest BCUT2D eigenvalue weighted by atomic mass is 16.6. The molecule has 0 saturated carbocycles. The van der Waals surface area contributed by atoms with E-state index in [9.17, 15) is 4.79 Å². The summed E-state index contributed by atoms with van der Waals surface area (Å²) in [5.74, 6) is 0.580. The SMILES string of the molecule is COC(=O)COc1cc(C)c(N)cc1C(C)C. The van der Waals surface area contributed by atoms with Gasteiger partial charge < -0.3 is 15.2 Å². The van der Waals surface area contributed by atoms with E-state index < -0.39 is 5.97 Å². The maximum atomic E-state index is 11.0. The van der Waals surface area contributed by atoms with Gasteiger partial charge in [0.05, 0.1) is 7.11 Å². The summed E-state index contributed by atoms with van der Waals surface area (Å²) >= 11 is 0. The van der Waals surface area contributed by atoms with Crippen molar-refractivity contribution in [1.29, 1.82) is 0 Å². The number of benzene rings is 1. The van der Waals surface area contributed by atoms with Crippen LogP contribution in [0, 0.1) is 6.92 Å². The van der Waals surface area contributed by atoms with Crippen molar-refractivity contribution in [1.82, 2.24) is 0 Å². The summed E-state index contributed by atoms with van der Waals surface area (Å²) in [7, 11) is 1.34. The van der Waals surface area contributed by atoms with Gasteiger partial charge in [0.2, 0.25) is 0 Å². The largest absolute Gasteiger partial charge is 0.482 e. The predicted octanol–water partition coefficient (Wildman–Crippen LogP) is 2.25. The highest BCUT2D eigenvalue weighted by Gasteiger charge is 2.12. The minimum absolute atomic E-state index is 0.0838. The molecule has 0 fully saturated rings. The fraction of sp³-hybridized carbons (Fsp3) is 0.462. The maximum absolute atomic E-state index is 11.0. The molecule has 1 rings (SSSR count). The second-order valence-electron chi connectivity index (χ2n) is 4.27. The standard InChI is InChI=1S/C13H19NO3/c1-8(2)10-6-11(14)9(3)5-12(10)17-7-13(15)16-4/h5-6,8H,7,14H2,1-4H3. The van der Waals surface area contributed by atoms with Gasteiger partial charge in [0.15, 0.2) is 6.61 Å². The van der Waals surface area contributed by atoms with Crippen LogP contribution in [0.5, 0.6) is 5.75 Å². The number of hydrogen-bond donors (Lipinski definition) is 1. The van der Waals surface area contributed by atoms with Gasteiger partial charge in [-0.05, 0) is 36.1 Å². The molecule has 0 amide bonds. The van der Waals surface area contributed by atoms with Crippen LogP contribution in [0.4, 0.5) is 5.69 Å². The molecule has 1 aromatic rings. The molecular formula is C13H19NO3. The quantitative estimate of drug-likeness (QED) is 0.644. The molecule has 4 nitrogen and oxygen atoms in total. The molecule has 0 aliphatic carbocycles. The van der Waals surface area contributed by atoms with Gasteiger partial charge in [-0.2, -0.15) is 0 Å². The van der Waals surface area contributed by atoms with Crippen LogP contribution < -0.4 is 10.5 Å².